The van der Waals surface area contributed by atoms with Crippen LogP contribution in [-0.2, 0) is 4.79 Å². The van der Waals surface area contributed by atoms with E-state index in [1.54, 1.807) is 7.11 Å². The highest BCUT2D eigenvalue weighted by Gasteiger charge is 2.35. The first-order chi connectivity index (χ1) is 16.9. The number of aryl methyl sites for hydroxylation is 3. The average molecular weight is 472 g/mol. The number of rotatable bonds is 4. The van der Waals surface area contributed by atoms with E-state index in [0.29, 0.717) is 12.0 Å². The fourth-order valence-electron chi connectivity index (χ4n) is 6.44. The molecule has 0 N–H and O–H groups in total. The van der Waals surface area contributed by atoms with Crippen molar-refractivity contribution in [3.8, 4) is 16.9 Å². The molecule has 0 radical (unpaired) electrons. The molecule has 2 heterocycles. The Morgan fingerprint density at radius 1 is 1.06 bits per heavy atom. The molecule has 2 fully saturated rings. The number of likely N-dealkylation sites (tertiary alicyclic amines) is 1. The first-order valence-corrected chi connectivity index (χ1v) is 13.0. The van der Waals surface area contributed by atoms with Crippen molar-refractivity contribution in [1.29, 1.82) is 0 Å². The summed E-state index contributed by atoms with van der Waals surface area (Å²) in [5.74, 6) is 1.59. The molecule has 3 aromatic rings. The average Bonchev–Trinajstić information content (AvgIpc) is 3.27. The highest BCUT2D eigenvalue weighted by atomic mass is 16.5. The highest BCUT2D eigenvalue weighted by molar-refractivity contribution is 6.02. The summed E-state index contributed by atoms with van der Waals surface area (Å²) in [5.41, 5.74) is 8.38. The van der Waals surface area contributed by atoms with Gasteiger partial charge in [0.25, 0.3) is 0 Å². The minimum Gasteiger partial charge on any atom is -0.496 e. The molecule has 0 bridgehead atoms. The second-order valence-electron chi connectivity index (χ2n) is 10.5. The summed E-state index contributed by atoms with van der Waals surface area (Å²) in [6.07, 6.45) is 11.0. The lowest BCUT2D eigenvalue weighted by molar-refractivity contribution is -0.132. The smallest absolute Gasteiger partial charge is 0.247 e. The van der Waals surface area contributed by atoms with Crippen LogP contribution in [0.1, 0.15) is 67.7 Å². The van der Waals surface area contributed by atoms with Crippen LogP contribution in [0.5, 0.6) is 5.75 Å². The van der Waals surface area contributed by atoms with Gasteiger partial charge in [-0.2, -0.15) is 0 Å². The molecule has 35 heavy (non-hydrogen) atoms. The van der Waals surface area contributed by atoms with Gasteiger partial charge in [-0.05, 0) is 82.1 Å². The highest BCUT2D eigenvalue weighted by Crippen LogP contribution is 2.42. The quantitative estimate of drug-likeness (QED) is 0.368. The molecule has 2 aliphatic rings. The monoisotopic (exact) mass is 471 g/mol. The summed E-state index contributed by atoms with van der Waals surface area (Å²) in [7, 11) is 1.69. The molecule has 2 aromatic carbocycles. The van der Waals surface area contributed by atoms with Crippen molar-refractivity contribution < 1.29 is 13.9 Å². The third kappa shape index (κ3) is 4.28. The maximum Gasteiger partial charge on any atom is 0.247 e. The molecular weight excluding hydrogens is 434 g/mol. The molecule has 5 rings (SSSR count). The number of amides is 1. The van der Waals surface area contributed by atoms with Crippen LogP contribution in [0.2, 0.25) is 0 Å². The number of hydrogen-bond donors (Lipinski definition) is 0. The topological polar surface area (TPSA) is 42.7 Å². The van der Waals surface area contributed by atoms with Crippen LogP contribution in [0.15, 0.2) is 41.0 Å². The van der Waals surface area contributed by atoms with Crippen LogP contribution in [0.25, 0.3) is 27.7 Å². The molecule has 0 spiro atoms. The number of fused-ring (bicyclic) bond motifs is 2. The number of carbonyl (C=O) groups excluding carboxylic acids is 1. The molecular formula is C31H37NO3. The Labute approximate surface area is 209 Å². The molecule has 1 aliphatic carbocycles. The third-order valence-corrected chi connectivity index (χ3v) is 8.21. The van der Waals surface area contributed by atoms with Gasteiger partial charge in [0.2, 0.25) is 5.91 Å². The van der Waals surface area contributed by atoms with Gasteiger partial charge in [0, 0.05) is 40.7 Å². The molecule has 1 amide bonds. The maximum atomic E-state index is 13.5. The Hall–Kier alpha value is -3.01. The minimum absolute atomic E-state index is 0.140. The van der Waals surface area contributed by atoms with E-state index >= 15 is 0 Å². The molecule has 1 saturated heterocycles. The zero-order valence-electron chi connectivity index (χ0n) is 21.7. The number of carbonyl (C=O) groups is 1. The summed E-state index contributed by atoms with van der Waals surface area (Å²) in [6.45, 7) is 9.18. The number of ether oxygens (including phenoxy) is 1. The Bertz CT molecular complexity index is 1300. The third-order valence-electron chi connectivity index (χ3n) is 8.21. The van der Waals surface area contributed by atoms with Gasteiger partial charge in [0.05, 0.1) is 13.4 Å². The van der Waals surface area contributed by atoms with Crippen molar-refractivity contribution >= 4 is 22.4 Å². The number of piperidine rings is 1. The van der Waals surface area contributed by atoms with E-state index < -0.39 is 0 Å². The predicted molar refractivity (Wildman–Crippen MR) is 143 cm³/mol. The number of furan rings is 1. The van der Waals surface area contributed by atoms with Crippen molar-refractivity contribution in [3.05, 3.63) is 58.9 Å². The number of nitrogens with zero attached hydrogens (tertiary/aromatic N) is 1. The SMILES string of the molecule is COc1c(/C(C)=C/C(=O)N2CCCC3CCCCC32)cc2c(-c3ccc(C)cc3C)coc2c1C. The number of benzene rings is 2. The van der Waals surface area contributed by atoms with Crippen molar-refractivity contribution in [2.24, 2.45) is 5.92 Å². The maximum absolute atomic E-state index is 13.5. The Balaban J connectivity index is 1.56. The number of allylic oxidation sites excluding steroid dienone is 1. The second-order valence-corrected chi connectivity index (χ2v) is 10.5. The van der Waals surface area contributed by atoms with E-state index in [2.05, 4.69) is 43.0 Å². The number of methoxy groups -OCH3 is 1. The molecule has 2 unspecified atom stereocenters. The van der Waals surface area contributed by atoms with Gasteiger partial charge >= 0.3 is 0 Å². The van der Waals surface area contributed by atoms with E-state index in [0.717, 1.165) is 58.4 Å². The summed E-state index contributed by atoms with van der Waals surface area (Å²) < 4.78 is 11.9. The van der Waals surface area contributed by atoms with Crippen LogP contribution < -0.4 is 4.74 Å². The van der Waals surface area contributed by atoms with Gasteiger partial charge in [0.15, 0.2) is 0 Å². The summed E-state index contributed by atoms with van der Waals surface area (Å²) in [6, 6.07) is 9.05. The van der Waals surface area contributed by atoms with Crippen molar-refractivity contribution in [2.75, 3.05) is 13.7 Å². The van der Waals surface area contributed by atoms with Gasteiger partial charge < -0.3 is 14.1 Å². The fraction of sp³-hybridized carbons (Fsp3) is 0.452. The molecule has 4 nitrogen and oxygen atoms in total. The van der Waals surface area contributed by atoms with Gasteiger partial charge in [-0.1, -0.05) is 36.6 Å². The molecule has 1 aliphatic heterocycles. The zero-order valence-corrected chi connectivity index (χ0v) is 21.7. The molecule has 1 saturated carbocycles. The second kappa shape index (κ2) is 9.56. The fourth-order valence-corrected chi connectivity index (χ4v) is 6.44. The summed E-state index contributed by atoms with van der Waals surface area (Å²) >= 11 is 0. The Kier molecular flexibility index (Phi) is 6.48. The van der Waals surface area contributed by atoms with Crippen LogP contribution >= 0.6 is 0 Å². The van der Waals surface area contributed by atoms with Crippen LogP contribution in [0, 0.1) is 26.7 Å². The van der Waals surface area contributed by atoms with Crippen molar-refractivity contribution in [2.45, 2.75) is 72.3 Å². The van der Waals surface area contributed by atoms with Gasteiger partial charge in [-0.3, -0.25) is 4.79 Å². The molecule has 1 aromatic heterocycles. The van der Waals surface area contributed by atoms with Gasteiger partial charge in [-0.25, -0.2) is 0 Å². The zero-order chi connectivity index (χ0) is 24.7. The van der Waals surface area contributed by atoms with Crippen molar-refractivity contribution in [1.82, 2.24) is 4.90 Å². The van der Waals surface area contributed by atoms with Crippen molar-refractivity contribution in [3.63, 3.8) is 0 Å². The van der Waals surface area contributed by atoms with E-state index in [1.165, 1.54) is 42.4 Å². The van der Waals surface area contributed by atoms with Crippen LogP contribution in [0.3, 0.4) is 0 Å². The van der Waals surface area contributed by atoms with E-state index in [1.807, 2.05) is 26.2 Å². The van der Waals surface area contributed by atoms with Gasteiger partial charge in [0.1, 0.15) is 11.3 Å². The summed E-state index contributed by atoms with van der Waals surface area (Å²) in [4.78, 5) is 15.6. The standard InChI is InChI=1S/C31H37NO3/c1-19-12-13-24(20(2)15-19)27-18-35-31-22(4)30(34-5)25(17-26(27)31)21(3)16-29(33)32-14-8-10-23-9-6-7-11-28(23)32/h12-13,15-18,23,28H,6-11,14H2,1-5H3/b21-16+. The van der Waals surface area contributed by atoms with E-state index in [9.17, 15) is 4.79 Å². The number of hydrogen-bond acceptors (Lipinski definition) is 3. The predicted octanol–water partition coefficient (Wildman–Crippen LogP) is 7.62. The molecule has 2 atom stereocenters. The lowest BCUT2D eigenvalue weighted by atomic mass is 9.78. The first kappa shape index (κ1) is 23.7. The largest absolute Gasteiger partial charge is 0.496 e. The van der Waals surface area contributed by atoms with Gasteiger partial charge in [-0.15, -0.1) is 0 Å². The van der Waals surface area contributed by atoms with Crippen LogP contribution in [0.4, 0.5) is 0 Å². The molecule has 4 heteroatoms. The van der Waals surface area contributed by atoms with Crippen LogP contribution in [-0.4, -0.2) is 30.5 Å². The van der Waals surface area contributed by atoms with E-state index in [-0.39, 0.29) is 5.91 Å². The summed E-state index contributed by atoms with van der Waals surface area (Å²) in [5, 5.41) is 1.05. The Morgan fingerprint density at radius 3 is 2.60 bits per heavy atom. The minimum atomic E-state index is 0.140. The van der Waals surface area contributed by atoms with E-state index in [4.69, 9.17) is 9.15 Å². The normalized spacial score (nSPS) is 20.7. The Morgan fingerprint density at radius 2 is 1.83 bits per heavy atom. The first-order valence-electron chi connectivity index (χ1n) is 13.0. The lowest BCUT2D eigenvalue weighted by Crippen LogP contribution is -2.49. The molecule has 184 valence electrons. The lowest BCUT2D eigenvalue weighted by Gasteiger charge is -2.43.